The summed E-state index contributed by atoms with van der Waals surface area (Å²) in [6.45, 7) is 3.81. The molecule has 0 saturated heterocycles. The average Bonchev–Trinajstić information content (AvgIpc) is 2.53. The molecule has 0 aromatic heterocycles. The highest BCUT2D eigenvalue weighted by molar-refractivity contribution is 6.24. The monoisotopic (exact) mass is 232 g/mol. The van der Waals surface area contributed by atoms with Gasteiger partial charge in [-0.3, -0.25) is 4.79 Å². The van der Waals surface area contributed by atoms with Gasteiger partial charge in [0.15, 0.2) is 5.78 Å². The second kappa shape index (κ2) is 4.24. The number of aliphatic hydroxyl groups is 1. The Morgan fingerprint density at radius 3 is 2.59 bits per heavy atom. The third-order valence-electron chi connectivity index (χ3n) is 3.24. The van der Waals surface area contributed by atoms with Gasteiger partial charge in [-0.15, -0.1) is 0 Å². The summed E-state index contributed by atoms with van der Waals surface area (Å²) in [6.07, 6.45) is 1.11. The van der Waals surface area contributed by atoms with Crippen molar-refractivity contribution in [2.75, 3.05) is 0 Å². The summed E-state index contributed by atoms with van der Waals surface area (Å²) in [5.74, 6) is 0.0972. The summed E-state index contributed by atoms with van der Waals surface area (Å²) < 4.78 is 0. The second-order valence-electron chi connectivity index (χ2n) is 4.48. The number of benzene rings is 1. The standard InChI is InChI=1S/C14H16O3/c1-3-9-4-5-10(15)7-11(9)13-12(16)6-8(2)14(13)17/h4-5,7-8,15,17H,3,6H2,1-2H3. The van der Waals surface area contributed by atoms with E-state index in [1.165, 1.54) is 0 Å². The Morgan fingerprint density at radius 2 is 2.06 bits per heavy atom. The van der Waals surface area contributed by atoms with Gasteiger partial charge in [0, 0.05) is 12.3 Å². The van der Waals surface area contributed by atoms with Crippen molar-refractivity contribution < 1.29 is 15.0 Å². The molecule has 0 aliphatic heterocycles. The third kappa shape index (κ3) is 1.93. The molecule has 3 heteroatoms. The summed E-state index contributed by atoms with van der Waals surface area (Å²) in [5, 5.41) is 19.5. The van der Waals surface area contributed by atoms with E-state index in [9.17, 15) is 15.0 Å². The van der Waals surface area contributed by atoms with Gasteiger partial charge in [-0.2, -0.15) is 0 Å². The molecule has 1 atom stereocenters. The topological polar surface area (TPSA) is 57.5 Å². The zero-order chi connectivity index (χ0) is 12.6. The van der Waals surface area contributed by atoms with Gasteiger partial charge >= 0.3 is 0 Å². The van der Waals surface area contributed by atoms with Crippen LogP contribution in [0.5, 0.6) is 5.75 Å². The fraction of sp³-hybridized carbons (Fsp3) is 0.357. The summed E-state index contributed by atoms with van der Waals surface area (Å²) in [4.78, 5) is 11.9. The predicted octanol–water partition coefficient (Wildman–Crippen LogP) is 2.83. The molecule has 1 aliphatic rings. The molecule has 17 heavy (non-hydrogen) atoms. The number of Topliss-reactive ketones (excluding diaryl/α,β-unsaturated/α-hetero) is 1. The highest BCUT2D eigenvalue weighted by Gasteiger charge is 2.31. The van der Waals surface area contributed by atoms with Crippen LogP contribution in [0.25, 0.3) is 5.57 Å². The van der Waals surface area contributed by atoms with Crippen molar-refractivity contribution in [2.45, 2.75) is 26.7 Å². The molecule has 0 saturated carbocycles. The van der Waals surface area contributed by atoms with Crippen LogP contribution in [0.4, 0.5) is 0 Å². The highest BCUT2D eigenvalue weighted by atomic mass is 16.3. The SMILES string of the molecule is CCc1ccc(O)cc1C1=C(O)C(C)CC1=O. The average molecular weight is 232 g/mol. The lowest BCUT2D eigenvalue weighted by Crippen LogP contribution is -2.00. The van der Waals surface area contributed by atoms with Crippen LogP contribution in [-0.2, 0) is 11.2 Å². The molecular formula is C14H16O3. The quantitative estimate of drug-likeness (QED) is 0.824. The van der Waals surface area contributed by atoms with E-state index in [0.717, 1.165) is 12.0 Å². The van der Waals surface area contributed by atoms with Crippen molar-refractivity contribution >= 4 is 11.4 Å². The Bertz CT molecular complexity index is 500. The lowest BCUT2D eigenvalue weighted by atomic mass is 9.96. The number of hydrogen-bond acceptors (Lipinski definition) is 3. The minimum absolute atomic E-state index is 0.0460. The third-order valence-corrected chi connectivity index (χ3v) is 3.24. The van der Waals surface area contributed by atoms with E-state index in [1.807, 2.05) is 13.8 Å². The fourth-order valence-corrected chi connectivity index (χ4v) is 2.26. The molecule has 0 bridgehead atoms. The maximum absolute atomic E-state index is 11.9. The second-order valence-corrected chi connectivity index (χ2v) is 4.48. The molecule has 0 fully saturated rings. The number of aryl methyl sites for hydroxylation is 1. The molecule has 0 heterocycles. The van der Waals surface area contributed by atoms with E-state index in [2.05, 4.69) is 0 Å². The van der Waals surface area contributed by atoms with Gasteiger partial charge in [0.1, 0.15) is 11.5 Å². The van der Waals surface area contributed by atoms with Crippen LogP contribution in [0.1, 0.15) is 31.4 Å². The fourth-order valence-electron chi connectivity index (χ4n) is 2.26. The van der Waals surface area contributed by atoms with Crippen LogP contribution in [0, 0.1) is 5.92 Å². The molecule has 2 N–H and O–H groups in total. The number of aliphatic hydroxyl groups excluding tert-OH is 1. The lowest BCUT2D eigenvalue weighted by Gasteiger charge is -2.09. The number of hydrogen-bond donors (Lipinski definition) is 2. The van der Waals surface area contributed by atoms with E-state index < -0.39 is 0 Å². The van der Waals surface area contributed by atoms with Crippen molar-refractivity contribution in [3.8, 4) is 5.75 Å². The zero-order valence-electron chi connectivity index (χ0n) is 10.0. The predicted molar refractivity (Wildman–Crippen MR) is 65.8 cm³/mol. The number of carbonyl (C=O) groups is 1. The number of rotatable bonds is 2. The van der Waals surface area contributed by atoms with Gasteiger partial charge in [0.25, 0.3) is 0 Å². The highest BCUT2D eigenvalue weighted by Crippen LogP contribution is 2.36. The maximum Gasteiger partial charge on any atom is 0.167 e. The van der Waals surface area contributed by atoms with Gasteiger partial charge in [0.2, 0.25) is 0 Å². The molecule has 90 valence electrons. The molecule has 0 spiro atoms. The van der Waals surface area contributed by atoms with Crippen LogP contribution >= 0.6 is 0 Å². The molecule has 1 unspecified atom stereocenters. The largest absolute Gasteiger partial charge is 0.511 e. The molecule has 0 radical (unpaired) electrons. The first kappa shape index (κ1) is 11.7. The maximum atomic E-state index is 11.9. The van der Waals surface area contributed by atoms with E-state index >= 15 is 0 Å². The number of allylic oxidation sites excluding steroid dienone is 2. The Kier molecular flexibility index (Phi) is 2.92. The zero-order valence-corrected chi connectivity index (χ0v) is 10.0. The molecule has 1 aromatic carbocycles. The van der Waals surface area contributed by atoms with Gasteiger partial charge < -0.3 is 10.2 Å². The molecular weight excluding hydrogens is 216 g/mol. The minimum Gasteiger partial charge on any atom is -0.511 e. The van der Waals surface area contributed by atoms with Crippen LogP contribution in [-0.4, -0.2) is 16.0 Å². The first-order valence-corrected chi connectivity index (χ1v) is 5.83. The summed E-state index contributed by atoms with van der Waals surface area (Å²) >= 11 is 0. The molecule has 1 aliphatic carbocycles. The first-order chi connectivity index (χ1) is 8.04. The van der Waals surface area contributed by atoms with Gasteiger partial charge in [-0.05, 0) is 29.7 Å². The van der Waals surface area contributed by atoms with Gasteiger partial charge in [-0.25, -0.2) is 0 Å². The van der Waals surface area contributed by atoms with Crippen LogP contribution < -0.4 is 0 Å². The molecule has 1 aromatic rings. The van der Waals surface area contributed by atoms with E-state index in [4.69, 9.17) is 0 Å². The van der Waals surface area contributed by atoms with Gasteiger partial charge in [-0.1, -0.05) is 19.9 Å². The number of phenols is 1. The van der Waals surface area contributed by atoms with Gasteiger partial charge in [0.05, 0.1) is 5.57 Å². The number of aromatic hydroxyl groups is 1. The Morgan fingerprint density at radius 1 is 1.35 bits per heavy atom. The summed E-state index contributed by atoms with van der Waals surface area (Å²) in [7, 11) is 0. The van der Waals surface area contributed by atoms with Crippen molar-refractivity contribution in [1.29, 1.82) is 0 Å². The molecule has 3 nitrogen and oxygen atoms in total. The van der Waals surface area contributed by atoms with E-state index in [0.29, 0.717) is 17.6 Å². The molecule has 0 amide bonds. The number of ketones is 1. The Balaban J connectivity index is 2.61. The lowest BCUT2D eigenvalue weighted by molar-refractivity contribution is -0.113. The summed E-state index contributed by atoms with van der Waals surface area (Å²) in [5.41, 5.74) is 2.01. The Labute approximate surface area is 100 Å². The minimum atomic E-state index is -0.121. The van der Waals surface area contributed by atoms with Crippen molar-refractivity contribution in [3.63, 3.8) is 0 Å². The van der Waals surface area contributed by atoms with Crippen LogP contribution in [0.2, 0.25) is 0 Å². The van der Waals surface area contributed by atoms with E-state index in [1.54, 1.807) is 18.2 Å². The van der Waals surface area contributed by atoms with Crippen molar-refractivity contribution in [1.82, 2.24) is 0 Å². The summed E-state index contributed by atoms with van der Waals surface area (Å²) in [6, 6.07) is 4.95. The smallest absolute Gasteiger partial charge is 0.167 e. The number of phenolic OH excluding ortho intramolecular Hbond substituents is 1. The van der Waals surface area contributed by atoms with E-state index in [-0.39, 0.29) is 23.2 Å². The van der Waals surface area contributed by atoms with Crippen molar-refractivity contribution in [2.24, 2.45) is 5.92 Å². The van der Waals surface area contributed by atoms with Crippen LogP contribution in [0.15, 0.2) is 24.0 Å². The number of carbonyl (C=O) groups excluding carboxylic acids is 1. The normalized spacial score (nSPS) is 20.1. The first-order valence-electron chi connectivity index (χ1n) is 5.83. The Hall–Kier alpha value is -1.77. The van der Waals surface area contributed by atoms with Crippen LogP contribution in [0.3, 0.4) is 0 Å². The molecule has 2 rings (SSSR count). The van der Waals surface area contributed by atoms with Crippen molar-refractivity contribution in [3.05, 3.63) is 35.1 Å².